The van der Waals surface area contributed by atoms with E-state index >= 15 is 0 Å². The van der Waals surface area contributed by atoms with Crippen molar-refractivity contribution in [2.75, 3.05) is 7.11 Å². The number of amides is 1. The van der Waals surface area contributed by atoms with Crippen LogP contribution in [0.3, 0.4) is 0 Å². The average Bonchev–Trinajstić information content (AvgIpc) is 2.56. The summed E-state index contributed by atoms with van der Waals surface area (Å²) in [4.78, 5) is 34.9. The molecule has 0 unspecified atom stereocenters. The van der Waals surface area contributed by atoms with Crippen molar-refractivity contribution in [1.29, 1.82) is 0 Å². The lowest BCUT2D eigenvalue weighted by Gasteiger charge is -2.08. The van der Waals surface area contributed by atoms with Gasteiger partial charge in [-0.05, 0) is 39.7 Å². The lowest BCUT2D eigenvalue weighted by Crippen LogP contribution is -2.31. The quantitative estimate of drug-likeness (QED) is 0.803. The fraction of sp³-hybridized carbons (Fsp3) is 0.188. The standard InChI is InChI=1S/C16H15BrN2O4/c1-23-16(22)12-4-2-11(3-5-12)8-18-14(20)10-19-9-13(17)6-7-15(19)21/h2-7,9H,8,10H2,1H3,(H,18,20). The van der Waals surface area contributed by atoms with Crippen molar-refractivity contribution < 1.29 is 14.3 Å². The van der Waals surface area contributed by atoms with Crippen molar-refractivity contribution in [3.05, 3.63) is 68.5 Å². The van der Waals surface area contributed by atoms with E-state index in [1.807, 2.05) is 0 Å². The van der Waals surface area contributed by atoms with Gasteiger partial charge in [-0.3, -0.25) is 9.59 Å². The van der Waals surface area contributed by atoms with E-state index in [4.69, 9.17) is 0 Å². The maximum absolute atomic E-state index is 11.9. The molecular weight excluding hydrogens is 364 g/mol. The van der Waals surface area contributed by atoms with Crippen LogP contribution in [0.15, 0.2) is 51.9 Å². The number of aromatic nitrogens is 1. The van der Waals surface area contributed by atoms with E-state index in [1.165, 1.54) is 17.7 Å². The highest BCUT2D eigenvalue weighted by Gasteiger charge is 2.07. The Morgan fingerprint density at radius 2 is 1.87 bits per heavy atom. The monoisotopic (exact) mass is 378 g/mol. The summed E-state index contributed by atoms with van der Waals surface area (Å²) in [6, 6.07) is 9.75. The summed E-state index contributed by atoms with van der Waals surface area (Å²) >= 11 is 3.26. The maximum atomic E-state index is 11.9. The minimum atomic E-state index is -0.408. The summed E-state index contributed by atoms with van der Waals surface area (Å²) in [6.45, 7) is 0.252. The second-order valence-electron chi connectivity index (χ2n) is 4.78. The van der Waals surface area contributed by atoms with E-state index in [1.54, 1.807) is 36.5 Å². The Bertz CT molecular complexity index is 768. The van der Waals surface area contributed by atoms with Crippen LogP contribution in [0.1, 0.15) is 15.9 Å². The molecule has 0 atom stereocenters. The van der Waals surface area contributed by atoms with Gasteiger partial charge in [0.25, 0.3) is 5.56 Å². The van der Waals surface area contributed by atoms with Crippen LogP contribution < -0.4 is 10.9 Å². The second kappa shape index (κ2) is 7.73. The van der Waals surface area contributed by atoms with Crippen LogP contribution >= 0.6 is 15.9 Å². The number of carbonyl (C=O) groups excluding carboxylic acids is 2. The Kier molecular flexibility index (Phi) is 5.70. The first-order valence-electron chi connectivity index (χ1n) is 6.79. The number of pyridine rings is 1. The van der Waals surface area contributed by atoms with Crippen LogP contribution in [0.2, 0.25) is 0 Å². The Labute approximate surface area is 141 Å². The Morgan fingerprint density at radius 1 is 1.17 bits per heavy atom. The molecule has 6 nitrogen and oxygen atoms in total. The van der Waals surface area contributed by atoms with E-state index in [0.29, 0.717) is 12.1 Å². The zero-order chi connectivity index (χ0) is 16.8. The third-order valence-electron chi connectivity index (χ3n) is 3.13. The first-order valence-corrected chi connectivity index (χ1v) is 7.59. The van der Waals surface area contributed by atoms with Crippen LogP contribution in [-0.2, 0) is 22.6 Å². The molecule has 0 saturated carbocycles. The van der Waals surface area contributed by atoms with Gasteiger partial charge in [0.15, 0.2) is 0 Å². The third kappa shape index (κ3) is 4.79. The molecule has 2 rings (SSSR count). The van der Waals surface area contributed by atoms with Crippen molar-refractivity contribution in [3.63, 3.8) is 0 Å². The van der Waals surface area contributed by atoms with Crippen molar-refractivity contribution in [2.24, 2.45) is 0 Å². The van der Waals surface area contributed by atoms with Gasteiger partial charge in [-0.1, -0.05) is 12.1 Å². The minimum absolute atomic E-state index is 0.0570. The van der Waals surface area contributed by atoms with Crippen LogP contribution in [-0.4, -0.2) is 23.6 Å². The summed E-state index contributed by atoms with van der Waals surface area (Å²) in [7, 11) is 1.32. The largest absolute Gasteiger partial charge is 0.465 e. The Balaban J connectivity index is 1.93. The molecule has 1 aromatic carbocycles. The highest BCUT2D eigenvalue weighted by Crippen LogP contribution is 2.06. The molecule has 2 aromatic rings. The molecule has 1 amide bonds. The molecule has 23 heavy (non-hydrogen) atoms. The van der Waals surface area contributed by atoms with Crippen molar-refractivity contribution in [3.8, 4) is 0 Å². The number of hydrogen-bond donors (Lipinski definition) is 1. The molecule has 120 valence electrons. The van der Waals surface area contributed by atoms with Gasteiger partial charge in [0.2, 0.25) is 5.91 Å². The summed E-state index contributed by atoms with van der Waals surface area (Å²) in [6.07, 6.45) is 1.56. The highest BCUT2D eigenvalue weighted by atomic mass is 79.9. The average molecular weight is 379 g/mol. The first kappa shape index (κ1) is 17.0. The molecular formula is C16H15BrN2O4. The van der Waals surface area contributed by atoms with Gasteiger partial charge in [-0.25, -0.2) is 4.79 Å². The SMILES string of the molecule is COC(=O)c1ccc(CNC(=O)Cn2cc(Br)ccc2=O)cc1. The predicted molar refractivity (Wildman–Crippen MR) is 88.0 cm³/mol. The van der Waals surface area contributed by atoms with E-state index in [9.17, 15) is 14.4 Å². The topological polar surface area (TPSA) is 77.4 Å². The fourth-order valence-electron chi connectivity index (χ4n) is 1.91. The number of nitrogens with zero attached hydrogens (tertiary/aromatic N) is 1. The summed E-state index contributed by atoms with van der Waals surface area (Å²) in [5.41, 5.74) is 1.04. The summed E-state index contributed by atoms with van der Waals surface area (Å²) in [5.74, 6) is -0.683. The molecule has 7 heteroatoms. The smallest absolute Gasteiger partial charge is 0.337 e. The van der Waals surface area contributed by atoms with Crippen LogP contribution in [0.25, 0.3) is 0 Å². The zero-order valence-corrected chi connectivity index (χ0v) is 14.0. The summed E-state index contributed by atoms with van der Waals surface area (Å²) in [5, 5.41) is 2.73. The molecule has 0 aliphatic rings. The predicted octanol–water partition coefficient (Wildman–Crippen LogP) is 1.71. The number of nitrogens with one attached hydrogen (secondary N) is 1. The second-order valence-corrected chi connectivity index (χ2v) is 5.69. The Hall–Kier alpha value is -2.41. The van der Waals surface area contributed by atoms with Crippen LogP contribution in [0, 0.1) is 0 Å². The number of hydrogen-bond acceptors (Lipinski definition) is 4. The highest BCUT2D eigenvalue weighted by molar-refractivity contribution is 9.10. The van der Waals surface area contributed by atoms with Crippen LogP contribution in [0.5, 0.6) is 0 Å². The normalized spacial score (nSPS) is 10.2. The number of methoxy groups -OCH3 is 1. The van der Waals surface area contributed by atoms with Gasteiger partial charge in [-0.2, -0.15) is 0 Å². The molecule has 0 saturated heterocycles. The van der Waals surface area contributed by atoms with E-state index in [0.717, 1.165) is 10.0 Å². The minimum Gasteiger partial charge on any atom is -0.465 e. The Morgan fingerprint density at radius 3 is 2.52 bits per heavy atom. The van der Waals surface area contributed by atoms with Gasteiger partial charge in [0.1, 0.15) is 6.54 Å². The number of rotatable bonds is 5. The number of ether oxygens (including phenoxy) is 1. The number of carbonyl (C=O) groups is 2. The molecule has 0 aliphatic carbocycles. The summed E-state index contributed by atoms with van der Waals surface area (Å²) < 4.78 is 6.66. The van der Waals surface area contributed by atoms with Gasteiger partial charge >= 0.3 is 5.97 Å². The molecule has 0 radical (unpaired) electrons. The number of esters is 1. The van der Waals surface area contributed by atoms with E-state index in [2.05, 4.69) is 26.0 Å². The van der Waals surface area contributed by atoms with Crippen molar-refractivity contribution >= 4 is 27.8 Å². The number of benzene rings is 1. The first-order chi connectivity index (χ1) is 11.0. The van der Waals surface area contributed by atoms with E-state index in [-0.39, 0.29) is 18.0 Å². The van der Waals surface area contributed by atoms with Gasteiger partial charge in [0.05, 0.1) is 12.7 Å². The van der Waals surface area contributed by atoms with Crippen molar-refractivity contribution in [1.82, 2.24) is 9.88 Å². The van der Waals surface area contributed by atoms with Gasteiger partial charge < -0.3 is 14.6 Å². The lowest BCUT2D eigenvalue weighted by molar-refractivity contribution is -0.121. The molecule has 1 heterocycles. The van der Waals surface area contributed by atoms with Crippen molar-refractivity contribution in [2.45, 2.75) is 13.1 Å². The zero-order valence-electron chi connectivity index (χ0n) is 12.4. The van der Waals surface area contributed by atoms with E-state index < -0.39 is 5.97 Å². The molecule has 1 aromatic heterocycles. The molecule has 0 spiro atoms. The fourth-order valence-corrected chi connectivity index (χ4v) is 2.29. The number of halogens is 1. The maximum Gasteiger partial charge on any atom is 0.337 e. The van der Waals surface area contributed by atoms with Gasteiger partial charge in [-0.15, -0.1) is 0 Å². The molecule has 1 N–H and O–H groups in total. The molecule has 0 bridgehead atoms. The lowest BCUT2D eigenvalue weighted by atomic mass is 10.1. The molecule has 0 fully saturated rings. The van der Waals surface area contributed by atoms with Crippen LogP contribution in [0.4, 0.5) is 0 Å². The van der Waals surface area contributed by atoms with Gasteiger partial charge in [0, 0.05) is 23.3 Å². The molecule has 0 aliphatic heterocycles. The third-order valence-corrected chi connectivity index (χ3v) is 3.60.